The lowest BCUT2D eigenvalue weighted by Crippen LogP contribution is -2.56. The number of unbranched alkanes of at least 4 members (excludes halogenated alkanes) is 11. The average Bonchev–Trinajstić information content (AvgIpc) is 2.97. The molecule has 0 heterocycles. The number of aliphatic hydroxyl groups excluding tert-OH is 5. The van der Waals surface area contributed by atoms with Crippen LogP contribution in [0.3, 0.4) is 0 Å². The van der Waals surface area contributed by atoms with Crippen molar-refractivity contribution in [3.8, 4) is 0 Å². The molecular formula is C32H53N3O7. The molecule has 3 unspecified atom stereocenters. The lowest BCUT2D eigenvalue weighted by molar-refractivity contribution is -0.384. The molecule has 1 aromatic rings. The molecule has 238 valence electrons. The molecule has 1 aliphatic carbocycles. The smallest absolute Gasteiger partial charge is 0.292 e. The predicted molar refractivity (Wildman–Crippen MR) is 166 cm³/mol. The molecular weight excluding hydrogens is 538 g/mol. The Labute approximate surface area is 250 Å². The van der Waals surface area contributed by atoms with Gasteiger partial charge in [0, 0.05) is 12.6 Å². The van der Waals surface area contributed by atoms with Gasteiger partial charge in [-0.15, -0.1) is 0 Å². The Morgan fingerprint density at radius 3 is 2.19 bits per heavy atom. The molecule has 6 atom stereocenters. The second-order valence-electron chi connectivity index (χ2n) is 11.5. The highest BCUT2D eigenvalue weighted by Gasteiger charge is 2.37. The minimum atomic E-state index is -1.49. The zero-order valence-corrected chi connectivity index (χ0v) is 25.3. The van der Waals surface area contributed by atoms with E-state index in [4.69, 9.17) is 0 Å². The van der Waals surface area contributed by atoms with Crippen LogP contribution in [-0.4, -0.2) is 80.1 Å². The first-order chi connectivity index (χ1) is 20.2. The van der Waals surface area contributed by atoms with Gasteiger partial charge in [0.25, 0.3) is 5.69 Å². The Balaban J connectivity index is 1.95. The number of aryl methyl sites for hydroxylation is 1. The van der Waals surface area contributed by atoms with Crippen LogP contribution in [-0.2, 0) is 0 Å². The van der Waals surface area contributed by atoms with Crippen LogP contribution < -0.4 is 10.6 Å². The highest BCUT2D eigenvalue weighted by atomic mass is 16.6. The molecule has 10 nitrogen and oxygen atoms in total. The first-order valence-electron chi connectivity index (χ1n) is 15.6. The topological polar surface area (TPSA) is 168 Å². The van der Waals surface area contributed by atoms with Gasteiger partial charge in [0.05, 0.1) is 29.7 Å². The highest BCUT2D eigenvalue weighted by Crippen LogP contribution is 2.27. The van der Waals surface area contributed by atoms with Crippen molar-refractivity contribution in [1.82, 2.24) is 5.32 Å². The van der Waals surface area contributed by atoms with E-state index in [-0.39, 0.29) is 23.5 Å². The summed E-state index contributed by atoms with van der Waals surface area (Å²) in [7, 11) is 0. The van der Waals surface area contributed by atoms with Gasteiger partial charge in [-0.25, -0.2) is 0 Å². The van der Waals surface area contributed by atoms with E-state index in [0.29, 0.717) is 0 Å². The SMILES string of the molecule is CCCCCCCCCCCCC/C=C/[C@@H](O)C(CNC1C=C(CO)[C@@H](O)C(O)[C@H]1O)Nc1ccc(C)cc1[N+](=O)[O-]. The third kappa shape index (κ3) is 12.1. The molecule has 7 N–H and O–H groups in total. The lowest BCUT2D eigenvalue weighted by atomic mass is 9.88. The fourth-order valence-corrected chi connectivity index (χ4v) is 5.30. The maximum atomic E-state index is 11.7. The third-order valence-corrected chi connectivity index (χ3v) is 7.98. The molecule has 2 rings (SSSR count). The molecule has 0 saturated heterocycles. The van der Waals surface area contributed by atoms with Crippen LogP contribution in [0, 0.1) is 17.0 Å². The number of hydrogen-bond acceptors (Lipinski definition) is 9. The molecule has 0 aliphatic heterocycles. The molecule has 0 aromatic heterocycles. The van der Waals surface area contributed by atoms with Crippen molar-refractivity contribution < 1.29 is 30.5 Å². The predicted octanol–water partition coefficient (Wildman–Crippen LogP) is 4.28. The number of nitro benzene ring substituents is 1. The van der Waals surface area contributed by atoms with Crippen molar-refractivity contribution in [1.29, 1.82) is 0 Å². The molecule has 0 bridgehead atoms. The van der Waals surface area contributed by atoms with E-state index < -0.39 is 48.0 Å². The van der Waals surface area contributed by atoms with Crippen LogP contribution in [0.15, 0.2) is 42.0 Å². The number of allylic oxidation sites excluding steroid dienone is 1. The van der Waals surface area contributed by atoms with Gasteiger partial charge in [-0.05, 0) is 37.0 Å². The molecule has 42 heavy (non-hydrogen) atoms. The van der Waals surface area contributed by atoms with Gasteiger partial charge in [0.2, 0.25) is 0 Å². The summed E-state index contributed by atoms with van der Waals surface area (Å²) in [6, 6.07) is 3.27. The summed E-state index contributed by atoms with van der Waals surface area (Å²) < 4.78 is 0. The summed E-state index contributed by atoms with van der Waals surface area (Å²) in [6.45, 7) is 3.58. The second kappa shape index (κ2) is 19.8. The Kier molecular flexibility index (Phi) is 16.9. The van der Waals surface area contributed by atoms with Gasteiger partial charge in [-0.2, -0.15) is 0 Å². The number of nitrogens with zero attached hydrogens (tertiary/aromatic N) is 1. The summed E-state index contributed by atoms with van der Waals surface area (Å²) in [5.41, 5.74) is 1.04. The van der Waals surface area contributed by atoms with Gasteiger partial charge in [-0.3, -0.25) is 10.1 Å². The van der Waals surface area contributed by atoms with Crippen molar-refractivity contribution in [3.63, 3.8) is 0 Å². The lowest BCUT2D eigenvalue weighted by Gasteiger charge is -2.35. The molecule has 0 radical (unpaired) electrons. The van der Waals surface area contributed by atoms with E-state index in [2.05, 4.69) is 17.6 Å². The van der Waals surface area contributed by atoms with E-state index in [1.54, 1.807) is 25.1 Å². The van der Waals surface area contributed by atoms with Crippen molar-refractivity contribution in [3.05, 3.63) is 57.7 Å². The van der Waals surface area contributed by atoms with Gasteiger partial charge < -0.3 is 36.2 Å². The molecule has 0 amide bonds. The molecule has 10 heteroatoms. The number of nitrogens with one attached hydrogen (secondary N) is 2. The highest BCUT2D eigenvalue weighted by molar-refractivity contribution is 5.63. The van der Waals surface area contributed by atoms with Crippen LogP contribution in [0.4, 0.5) is 11.4 Å². The minimum absolute atomic E-state index is 0.0642. The molecule has 0 saturated carbocycles. The van der Waals surface area contributed by atoms with Crippen molar-refractivity contribution in [2.75, 3.05) is 18.5 Å². The zero-order valence-electron chi connectivity index (χ0n) is 25.3. The van der Waals surface area contributed by atoms with Crippen LogP contribution in [0.5, 0.6) is 0 Å². The van der Waals surface area contributed by atoms with Crippen molar-refractivity contribution in [2.45, 2.75) is 127 Å². The quantitative estimate of drug-likeness (QED) is 0.0478. The molecule has 0 spiro atoms. The summed E-state index contributed by atoms with van der Waals surface area (Å²) in [5.74, 6) is 0. The molecule has 0 fully saturated rings. The standard InChI is InChI=1S/C32H53N3O7/c1-3-4-5-6-7-8-9-10-11-12-13-14-15-16-29(37)27(34-25-18-17-23(2)19-28(25)35(41)42)21-33-26-20-24(22-36)30(38)32(40)31(26)39/h15-20,26-27,29-34,36-40H,3-14,21-22H2,1-2H3/b16-15+/t26?,27?,29-,30-,31+,32?/m1/s1. The number of nitro groups is 1. The third-order valence-electron chi connectivity index (χ3n) is 7.98. The van der Waals surface area contributed by atoms with E-state index in [1.165, 1.54) is 69.9 Å². The Morgan fingerprint density at radius 2 is 1.60 bits per heavy atom. The van der Waals surface area contributed by atoms with Crippen LogP contribution in [0.1, 0.15) is 89.5 Å². The minimum Gasteiger partial charge on any atom is -0.392 e. The summed E-state index contributed by atoms with van der Waals surface area (Å²) >= 11 is 0. The van der Waals surface area contributed by atoms with Crippen LogP contribution in [0.25, 0.3) is 0 Å². The molecule has 1 aromatic carbocycles. The number of aliphatic hydroxyl groups is 5. The Bertz CT molecular complexity index is 987. The van der Waals surface area contributed by atoms with E-state index in [1.807, 2.05) is 6.08 Å². The number of anilines is 1. The van der Waals surface area contributed by atoms with Crippen molar-refractivity contribution in [2.24, 2.45) is 0 Å². The number of benzene rings is 1. The number of hydrogen-bond donors (Lipinski definition) is 7. The zero-order chi connectivity index (χ0) is 30.9. The average molecular weight is 592 g/mol. The Morgan fingerprint density at radius 1 is 0.976 bits per heavy atom. The van der Waals surface area contributed by atoms with Gasteiger partial charge in [-0.1, -0.05) is 95.4 Å². The monoisotopic (exact) mass is 591 g/mol. The fourth-order valence-electron chi connectivity index (χ4n) is 5.30. The molecule has 1 aliphatic rings. The summed E-state index contributed by atoms with van der Waals surface area (Å²) in [6.07, 6.45) is 14.5. The van der Waals surface area contributed by atoms with E-state index in [0.717, 1.165) is 24.8 Å². The van der Waals surface area contributed by atoms with Crippen molar-refractivity contribution >= 4 is 11.4 Å². The van der Waals surface area contributed by atoms with Crippen LogP contribution >= 0.6 is 0 Å². The van der Waals surface area contributed by atoms with E-state index >= 15 is 0 Å². The Hall–Kier alpha value is -2.34. The van der Waals surface area contributed by atoms with E-state index in [9.17, 15) is 35.6 Å². The van der Waals surface area contributed by atoms with Gasteiger partial charge in [0.1, 0.15) is 24.0 Å². The maximum Gasteiger partial charge on any atom is 0.292 e. The first-order valence-corrected chi connectivity index (χ1v) is 15.6. The van der Waals surface area contributed by atoms with Crippen LogP contribution in [0.2, 0.25) is 0 Å². The second-order valence-corrected chi connectivity index (χ2v) is 11.5. The maximum absolute atomic E-state index is 11.7. The van der Waals surface area contributed by atoms with Gasteiger partial charge in [0.15, 0.2) is 0 Å². The summed E-state index contributed by atoms with van der Waals surface area (Å²) in [5, 5.41) is 69.1. The fraction of sp³-hybridized carbons (Fsp3) is 0.688. The largest absolute Gasteiger partial charge is 0.392 e. The van der Waals surface area contributed by atoms with Gasteiger partial charge >= 0.3 is 0 Å². The normalized spacial score (nSPS) is 22.2. The summed E-state index contributed by atoms with van der Waals surface area (Å²) in [4.78, 5) is 11.2. The number of rotatable bonds is 21. The first kappa shape index (κ1) is 35.9.